The van der Waals surface area contributed by atoms with Crippen LogP contribution in [0.1, 0.15) is 6.42 Å². The van der Waals surface area contributed by atoms with E-state index in [1.54, 1.807) is 0 Å². The zero-order valence-electron chi connectivity index (χ0n) is 9.94. The lowest BCUT2D eigenvalue weighted by atomic mass is 10.4. The molecule has 0 saturated carbocycles. The predicted molar refractivity (Wildman–Crippen MR) is 78.3 cm³/mol. The van der Waals surface area contributed by atoms with Crippen molar-refractivity contribution in [3.8, 4) is 0 Å². The normalized spacial score (nSPS) is 20.2. The van der Waals surface area contributed by atoms with Crippen LogP contribution >= 0.6 is 0 Å². The van der Waals surface area contributed by atoms with E-state index in [0.717, 1.165) is 16.2 Å². The number of hydrogen-bond donors (Lipinski definition) is 3. The molecule has 0 aromatic heterocycles. The Morgan fingerprint density at radius 1 is 1.40 bits per heavy atom. The van der Waals surface area contributed by atoms with Gasteiger partial charge in [0.15, 0.2) is 0 Å². The third-order valence-electron chi connectivity index (χ3n) is 2.76. The van der Waals surface area contributed by atoms with Gasteiger partial charge in [-0.15, -0.1) is 0 Å². The van der Waals surface area contributed by atoms with E-state index in [4.69, 9.17) is 14.9 Å². The van der Waals surface area contributed by atoms with Gasteiger partial charge < -0.3 is 19.7 Å². The van der Waals surface area contributed by atoms with Gasteiger partial charge in [-0.2, -0.15) is 0 Å². The summed E-state index contributed by atoms with van der Waals surface area (Å²) in [5.41, 5.74) is 0. The van der Waals surface area contributed by atoms with Crippen molar-refractivity contribution in [3.63, 3.8) is 0 Å². The Balaban J connectivity index is 3.46. The maximum absolute atomic E-state index is 9.78. The van der Waals surface area contributed by atoms with Crippen LogP contribution in [0.2, 0.25) is 6.04 Å². The van der Waals surface area contributed by atoms with Gasteiger partial charge in [-0.05, 0) is 25.9 Å². The second-order valence-corrected chi connectivity index (χ2v) is 51.1. The third-order valence-corrected chi connectivity index (χ3v) is 67.2. The third kappa shape index (κ3) is 7.76. The average Bonchev–Trinajstić information content (AvgIpc) is 2.16. The number of aliphatic hydroxyl groups excluding tert-OH is 2. The number of ether oxygens (including phenoxy) is 1. The number of rotatable bonds is 8. The van der Waals surface area contributed by atoms with Crippen LogP contribution in [-0.2, 0) is 4.74 Å². The summed E-state index contributed by atoms with van der Waals surface area (Å²) in [7, 11) is 2.36. The highest BCUT2D eigenvalue weighted by Gasteiger charge is 2.27. The molecule has 4 nitrogen and oxygen atoms in total. The van der Waals surface area contributed by atoms with Crippen molar-refractivity contribution in [2.45, 2.75) is 18.6 Å². The van der Waals surface area contributed by atoms with E-state index < -0.39 is 20.8 Å². The predicted octanol–water partition coefficient (Wildman–Crippen LogP) is -5.42. The summed E-state index contributed by atoms with van der Waals surface area (Å²) in [5.74, 6) is 0. The van der Waals surface area contributed by atoms with Gasteiger partial charge in [0.25, 0.3) is 0 Å². The van der Waals surface area contributed by atoms with Crippen molar-refractivity contribution in [3.05, 3.63) is 0 Å². The molecule has 0 heterocycles. The average molecular weight is 301 g/mol. The first-order valence-electron chi connectivity index (χ1n) is 5.45. The van der Waals surface area contributed by atoms with Gasteiger partial charge in [-0.3, -0.25) is 0 Å². The van der Waals surface area contributed by atoms with Gasteiger partial charge in [0.2, 0.25) is 0 Å². The van der Waals surface area contributed by atoms with E-state index in [9.17, 15) is 4.80 Å². The summed E-state index contributed by atoms with van der Waals surface area (Å²) < 4.78 is 5.25. The van der Waals surface area contributed by atoms with Gasteiger partial charge >= 0.3 is 0 Å². The topological polar surface area (TPSA) is 69.9 Å². The molecule has 0 aliphatic heterocycles. The lowest BCUT2D eigenvalue weighted by molar-refractivity contribution is 0.00652. The first-order chi connectivity index (χ1) is 6.90. The number of hydrogen-bond acceptors (Lipinski definition) is 4. The minimum atomic E-state index is -1.20. The molecular formula is C6H24O4Si5. The summed E-state index contributed by atoms with van der Waals surface area (Å²) in [4.78, 5) is 9.78. The van der Waals surface area contributed by atoms with E-state index in [-0.39, 0.29) is 13.2 Å². The number of aliphatic hydroxyl groups is 2. The molecule has 92 valence electrons. The van der Waals surface area contributed by atoms with Crippen LogP contribution in [0.25, 0.3) is 0 Å². The molecule has 0 fully saturated rings. The highest BCUT2D eigenvalue weighted by Crippen LogP contribution is 2.05. The summed E-state index contributed by atoms with van der Waals surface area (Å²) >= 11 is 0. The molecule has 0 aliphatic rings. The van der Waals surface area contributed by atoms with Gasteiger partial charge in [-0.25, -0.2) is 0 Å². The highest BCUT2D eigenvalue weighted by atomic mass is 30.0. The minimum absolute atomic E-state index is 0.230. The maximum atomic E-state index is 9.78. The van der Waals surface area contributed by atoms with Crippen LogP contribution in [0, 0.1) is 0 Å². The van der Waals surface area contributed by atoms with E-state index >= 15 is 0 Å². The first kappa shape index (κ1) is 15.9. The lowest BCUT2D eigenvalue weighted by Crippen LogP contribution is -2.54. The summed E-state index contributed by atoms with van der Waals surface area (Å²) in [6.07, 6.45) is 0.293. The molecule has 0 aromatic carbocycles. The zero-order chi connectivity index (χ0) is 11.9. The van der Waals surface area contributed by atoms with E-state index in [2.05, 4.69) is 0 Å². The molecule has 0 aliphatic carbocycles. The monoisotopic (exact) mass is 300 g/mol. The van der Waals surface area contributed by atoms with E-state index in [1.165, 1.54) is 25.6 Å². The Hall–Kier alpha value is 0.924. The molecule has 0 amide bonds. The molecular weight excluding hydrogens is 276 g/mol. The van der Waals surface area contributed by atoms with Crippen molar-refractivity contribution < 1.29 is 19.7 Å². The van der Waals surface area contributed by atoms with Crippen molar-refractivity contribution in [2.75, 3.05) is 19.8 Å². The summed E-state index contributed by atoms with van der Waals surface area (Å²) in [6, 6.07) is 1.23. The molecule has 2 atom stereocenters. The fraction of sp³-hybridized carbons (Fsp3) is 1.00. The van der Waals surface area contributed by atoms with Gasteiger partial charge in [0.1, 0.15) is 14.2 Å². The Morgan fingerprint density at radius 3 is 2.47 bits per heavy atom. The van der Waals surface area contributed by atoms with Crippen LogP contribution < -0.4 is 0 Å². The molecule has 15 heavy (non-hydrogen) atoms. The van der Waals surface area contributed by atoms with Gasteiger partial charge in [-0.1, -0.05) is 6.04 Å². The molecule has 0 aromatic rings. The van der Waals surface area contributed by atoms with Gasteiger partial charge in [0, 0.05) is 23.0 Å². The Kier molecular flexibility index (Phi) is 8.58. The van der Waals surface area contributed by atoms with Crippen molar-refractivity contribution >= 4 is 44.0 Å². The molecule has 0 spiro atoms. The molecule has 3 N–H and O–H groups in total. The Bertz CT molecular complexity index is 168. The SMILES string of the molecule is OCC(O)COCCC[Si]([SiH3])([SiH3])[SiH](O)[SiH3]. The maximum Gasteiger partial charge on any atom is 0.133 e. The fourth-order valence-electron chi connectivity index (χ4n) is 1.11. The Labute approximate surface area is 102 Å². The highest BCUT2D eigenvalue weighted by molar-refractivity contribution is 7.73. The quantitative estimate of drug-likeness (QED) is 0.309. The lowest BCUT2D eigenvalue weighted by Gasteiger charge is -2.24. The van der Waals surface area contributed by atoms with Crippen LogP contribution in [0.4, 0.5) is 0 Å². The second-order valence-electron chi connectivity index (χ2n) is 4.68. The summed E-state index contributed by atoms with van der Waals surface area (Å²) in [5, 5.41) is 17.6. The molecule has 0 bridgehead atoms. The molecule has 9 heteroatoms. The van der Waals surface area contributed by atoms with Gasteiger partial charge in [0.05, 0.1) is 13.2 Å². The largest absolute Gasteiger partial charge is 0.442 e. The van der Waals surface area contributed by atoms with E-state index in [1.807, 2.05) is 0 Å². The molecule has 2 unspecified atom stereocenters. The van der Waals surface area contributed by atoms with Crippen LogP contribution in [0.5, 0.6) is 0 Å². The van der Waals surface area contributed by atoms with Crippen LogP contribution in [0.15, 0.2) is 0 Å². The fourth-order valence-corrected chi connectivity index (χ4v) is 9.17. The molecule has 0 saturated heterocycles. The van der Waals surface area contributed by atoms with Crippen molar-refractivity contribution in [1.29, 1.82) is 0 Å². The summed E-state index contributed by atoms with van der Waals surface area (Å²) in [6.45, 7) is -0.358. The van der Waals surface area contributed by atoms with E-state index in [0.29, 0.717) is 6.61 Å². The first-order valence-corrected chi connectivity index (χ1v) is 21.6. The van der Waals surface area contributed by atoms with Crippen molar-refractivity contribution in [2.24, 2.45) is 0 Å². The zero-order valence-corrected chi connectivity index (χ0v) is 18.1. The smallest absolute Gasteiger partial charge is 0.133 e. The van der Waals surface area contributed by atoms with Crippen molar-refractivity contribution in [1.82, 2.24) is 0 Å². The second kappa shape index (κ2) is 8.08. The Morgan fingerprint density at radius 2 is 2.00 bits per heavy atom. The van der Waals surface area contributed by atoms with Crippen LogP contribution in [0.3, 0.4) is 0 Å². The molecule has 0 rings (SSSR count). The minimum Gasteiger partial charge on any atom is -0.442 e. The standard InChI is InChI=1S/C6H24O4Si5/c7-4-6(8)5-10-2-1-3-15(12,13)14(9)11/h6-9,14H,1-5H2,11-13H3. The molecule has 0 radical (unpaired) electrons. The van der Waals surface area contributed by atoms with Crippen LogP contribution in [-0.4, -0.2) is 84.9 Å².